The van der Waals surface area contributed by atoms with Crippen LogP contribution in [-0.2, 0) is 19.1 Å². The van der Waals surface area contributed by atoms with Gasteiger partial charge in [-0.1, -0.05) is 48.5 Å². The van der Waals surface area contributed by atoms with Crippen molar-refractivity contribution in [2.75, 3.05) is 39.1 Å². The van der Waals surface area contributed by atoms with E-state index in [1.165, 1.54) is 23.8 Å². The number of thioether (sulfide) groups is 1. The fourth-order valence-electron chi connectivity index (χ4n) is 4.30. The number of methoxy groups -OCH3 is 1. The Bertz CT molecular complexity index is 1000. The zero-order chi connectivity index (χ0) is 23.4. The van der Waals surface area contributed by atoms with E-state index in [1.54, 1.807) is 0 Å². The molecule has 8 nitrogen and oxygen atoms in total. The van der Waals surface area contributed by atoms with Gasteiger partial charge in [-0.25, -0.2) is 4.79 Å². The molecule has 1 fully saturated rings. The van der Waals surface area contributed by atoms with Crippen LogP contribution in [0.15, 0.2) is 48.5 Å². The highest BCUT2D eigenvalue weighted by Crippen LogP contribution is 2.44. The van der Waals surface area contributed by atoms with Crippen molar-refractivity contribution >= 4 is 29.7 Å². The molecule has 2 aliphatic rings. The summed E-state index contributed by atoms with van der Waals surface area (Å²) < 4.78 is 10.8. The predicted molar refractivity (Wildman–Crippen MR) is 124 cm³/mol. The van der Waals surface area contributed by atoms with Gasteiger partial charge in [-0.05, 0) is 22.3 Å². The van der Waals surface area contributed by atoms with Crippen molar-refractivity contribution in [2.45, 2.75) is 17.3 Å². The molecule has 0 radical (unpaired) electrons. The molecule has 2 N–H and O–H groups in total. The highest BCUT2D eigenvalue weighted by molar-refractivity contribution is 8.00. The summed E-state index contributed by atoms with van der Waals surface area (Å²) in [5.74, 6) is -0.799. The first-order chi connectivity index (χ1) is 16.0. The van der Waals surface area contributed by atoms with Crippen LogP contribution in [0.25, 0.3) is 11.1 Å². The first-order valence-corrected chi connectivity index (χ1v) is 11.8. The molecule has 1 heterocycles. The second-order valence-corrected chi connectivity index (χ2v) is 9.22. The topological polar surface area (TPSA) is 105 Å². The van der Waals surface area contributed by atoms with Gasteiger partial charge < -0.3 is 24.8 Å². The van der Waals surface area contributed by atoms with Gasteiger partial charge in [0.1, 0.15) is 11.9 Å². The van der Waals surface area contributed by atoms with Crippen molar-refractivity contribution < 1.29 is 29.0 Å². The van der Waals surface area contributed by atoms with Crippen molar-refractivity contribution in [1.29, 1.82) is 0 Å². The summed E-state index contributed by atoms with van der Waals surface area (Å²) in [5, 5.41) is 11.2. The highest BCUT2D eigenvalue weighted by atomic mass is 32.2. The first kappa shape index (κ1) is 23.1. The minimum absolute atomic E-state index is 0.0539. The molecule has 9 heteroatoms. The Hall–Kier alpha value is -3.04. The summed E-state index contributed by atoms with van der Waals surface area (Å²) in [7, 11) is 1.38. The summed E-state index contributed by atoms with van der Waals surface area (Å²) in [5.41, 5.74) is 4.53. The molecule has 174 valence electrons. The Morgan fingerprint density at radius 2 is 1.76 bits per heavy atom. The zero-order valence-corrected chi connectivity index (χ0v) is 19.0. The number of carbonyl (C=O) groups excluding carboxylic acids is 2. The van der Waals surface area contributed by atoms with Crippen LogP contribution >= 0.6 is 11.8 Å². The van der Waals surface area contributed by atoms with Crippen molar-refractivity contribution in [2.24, 2.45) is 0 Å². The SMILES string of the molecule is COC(CNC(=O)OCC1c2ccccc2-c2ccccc21)C(=O)N1CCSC(C(=O)O)C1. The summed E-state index contributed by atoms with van der Waals surface area (Å²) in [6.45, 7) is 0.671. The number of hydrogen-bond donors (Lipinski definition) is 2. The number of nitrogens with zero attached hydrogens (tertiary/aromatic N) is 1. The molecule has 0 aromatic heterocycles. The van der Waals surface area contributed by atoms with E-state index in [0.717, 1.165) is 22.3 Å². The molecule has 33 heavy (non-hydrogen) atoms. The third-order valence-electron chi connectivity index (χ3n) is 5.99. The number of carboxylic acids is 1. The first-order valence-electron chi connectivity index (χ1n) is 10.7. The van der Waals surface area contributed by atoms with Gasteiger partial charge >= 0.3 is 12.1 Å². The quantitative estimate of drug-likeness (QED) is 0.641. The maximum absolute atomic E-state index is 12.8. The lowest BCUT2D eigenvalue weighted by atomic mass is 9.98. The molecule has 1 aliphatic carbocycles. The fourth-order valence-corrected chi connectivity index (χ4v) is 5.34. The van der Waals surface area contributed by atoms with Gasteiger partial charge in [0.15, 0.2) is 6.10 Å². The van der Waals surface area contributed by atoms with E-state index >= 15 is 0 Å². The van der Waals surface area contributed by atoms with E-state index < -0.39 is 23.4 Å². The summed E-state index contributed by atoms with van der Waals surface area (Å²) in [6, 6.07) is 16.2. The van der Waals surface area contributed by atoms with Crippen molar-refractivity contribution in [3.8, 4) is 11.1 Å². The Morgan fingerprint density at radius 3 is 2.36 bits per heavy atom. The molecule has 0 saturated carbocycles. The van der Waals surface area contributed by atoms with E-state index in [-0.39, 0.29) is 31.5 Å². The zero-order valence-electron chi connectivity index (χ0n) is 18.2. The van der Waals surface area contributed by atoms with Crippen molar-refractivity contribution in [3.63, 3.8) is 0 Å². The number of alkyl carbamates (subject to hydrolysis) is 1. The number of benzene rings is 2. The average Bonchev–Trinajstić information content (AvgIpc) is 3.16. The number of nitrogens with one attached hydrogen (secondary N) is 1. The standard InChI is InChI=1S/C24H26N2O6S/c1-31-20(22(27)26-10-11-33-21(13-26)23(28)29)12-25-24(30)32-14-19-17-8-4-2-6-15(17)16-7-3-5-9-18(16)19/h2-9,19-21H,10-14H2,1H3,(H,25,30)(H,28,29). The molecule has 2 aromatic carbocycles. The van der Waals surface area contributed by atoms with Crippen LogP contribution in [0.4, 0.5) is 4.79 Å². The monoisotopic (exact) mass is 470 g/mol. The molecule has 2 unspecified atom stereocenters. The smallest absolute Gasteiger partial charge is 0.407 e. The lowest BCUT2D eigenvalue weighted by molar-refractivity contribution is -0.143. The number of rotatable bonds is 7. The van der Waals surface area contributed by atoms with E-state index in [2.05, 4.69) is 17.4 Å². The average molecular weight is 471 g/mol. The van der Waals surface area contributed by atoms with Crippen molar-refractivity contribution in [3.05, 3.63) is 59.7 Å². The predicted octanol–water partition coefficient (Wildman–Crippen LogP) is 2.57. The Balaban J connectivity index is 1.32. The molecular formula is C24H26N2O6S. The van der Waals surface area contributed by atoms with Crippen LogP contribution in [0.5, 0.6) is 0 Å². The molecule has 2 atom stereocenters. The van der Waals surface area contributed by atoms with Crippen LogP contribution in [0.1, 0.15) is 17.0 Å². The summed E-state index contributed by atoms with van der Waals surface area (Å²) in [6.07, 6.45) is -1.55. The second-order valence-electron chi connectivity index (χ2n) is 7.91. The maximum Gasteiger partial charge on any atom is 0.407 e. The number of hydrogen-bond acceptors (Lipinski definition) is 6. The van der Waals surface area contributed by atoms with E-state index in [0.29, 0.717) is 12.3 Å². The second kappa shape index (κ2) is 10.3. The lowest BCUT2D eigenvalue weighted by Crippen LogP contribution is -2.51. The van der Waals surface area contributed by atoms with Crippen LogP contribution in [0, 0.1) is 0 Å². The van der Waals surface area contributed by atoms with Crippen LogP contribution in [0.2, 0.25) is 0 Å². The van der Waals surface area contributed by atoms with Gasteiger partial charge in [0.05, 0.1) is 6.54 Å². The van der Waals surface area contributed by atoms with Crippen LogP contribution < -0.4 is 5.32 Å². The normalized spacial score (nSPS) is 18.2. The molecule has 0 bridgehead atoms. The Morgan fingerprint density at radius 1 is 1.12 bits per heavy atom. The molecule has 1 aliphatic heterocycles. The van der Waals surface area contributed by atoms with E-state index in [1.807, 2.05) is 36.4 Å². The highest BCUT2D eigenvalue weighted by Gasteiger charge is 2.33. The number of aliphatic carboxylic acids is 1. The number of carbonyl (C=O) groups is 3. The van der Waals surface area contributed by atoms with Crippen LogP contribution in [0.3, 0.4) is 0 Å². The third-order valence-corrected chi connectivity index (χ3v) is 7.16. The minimum Gasteiger partial charge on any atom is -0.480 e. The van der Waals surface area contributed by atoms with Gasteiger partial charge in [0, 0.05) is 31.9 Å². The Labute approximate surface area is 196 Å². The number of fused-ring (bicyclic) bond motifs is 3. The van der Waals surface area contributed by atoms with Gasteiger partial charge in [-0.15, -0.1) is 11.8 Å². The molecule has 2 amide bonds. The fraction of sp³-hybridized carbons (Fsp3) is 0.375. The third kappa shape index (κ3) is 4.99. The van der Waals surface area contributed by atoms with Crippen LogP contribution in [-0.4, -0.2) is 78.4 Å². The summed E-state index contributed by atoms with van der Waals surface area (Å²) in [4.78, 5) is 37.9. The van der Waals surface area contributed by atoms with E-state index in [9.17, 15) is 19.5 Å². The lowest BCUT2D eigenvalue weighted by Gasteiger charge is -2.32. The molecular weight excluding hydrogens is 444 g/mol. The van der Waals surface area contributed by atoms with Gasteiger partial charge in [0.25, 0.3) is 5.91 Å². The Kier molecular flexibility index (Phi) is 7.20. The minimum atomic E-state index is -0.941. The molecule has 4 rings (SSSR count). The van der Waals surface area contributed by atoms with E-state index in [4.69, 9.17) is 9.47 Å². The molecule has 0 spiro atoms. The van der Waals surface area contributed by atoms with Gasteiger partial charge in [0.2, 0.25) is 0 Å². The largest absolute Gasteiger partial charge is 0.480 e. The number of carboxylic acid groups (broad SMARTS) is 1. The summed E-state index contributed by atoms with van der Waals surface area (Å²) >= 11 is 1.31. The number of amides is 2. The number of ether oxygens (including phenoxy) is 2. The van der Waals surface area contributed by atoms with Gasteiger partial charge in [-0.3, -0.25) is 9.59 Å². The van der Waals surface area contributed by atoms with Crippen molar-refractivity contribution in [1.82, 2.24) is 10.2 Å². The van der Waals surface area contributed by atoms with Gasteiger partial charge in [-0.2, -0.15) is 0 Å². The molecule has 1 saturated heterocycles. The molecule has 2 aromatic rings. The maximum atomic E-state index is 12.8.